The molecule has 0 bridgehead atoms. The van der Waals surface area contributed by atoms with E-state index in [9.17, 15) is 9.90 Å². The lowest BCUT2D eigenvalue weighted by Gasteiger charge is -2.13. The van der Waals surface area contributed by atoms with Crippen molar-refractivity contribution in [2.75, 3.05) is 5.32 Å². The number of fused-ring (bicyclic) bond motifs is 1. The van der Waals surface area contributed by atoms with E-state index in [2.05, 4.69) is 10.3 Å². The number of benzene rings is 3. The number of phenols is 1. The molecular weight excluding hydrogens is 574 g/mol. The molecule has 4 rings (SSSR count). The molecule has 156 valence electrons. The number of pyridine rings is 1. The predicted molar refractivity (Wildman–Crippen MR) is 132 cm³/mol. The third kappa shape index (κ3) is 4.67. The van der Waals surface area contributed by atoms with E-state index in [0.29, 0.717) is 36.3 Å². The van der Waals surface area contributed by atoms with E-state index in [4.69, 9.17) is 39.5 Å². The fourth-order valence-corrected chi connectivity index (χ4v) is 4.37. The van der Waals surface area contributed by atoms with Gasteiger partial charge in [-0.15, -0.1) is 0 Å². The van der Waals surface area contributed by atoms with Gasteiger partial charge in [0.25, 0.3) is 5.91 Å². The van der Waals surface area contributed by atoms with Crippen molar-refractivity contribution in [3.8, 4) is 17.2 Å². The van der Waals surface area contributed by atoms with Crippen molar-refractivity contribution in [2.24, 2.45) is 0 Å². The average molecular weight is 586 g/mol. The van der Waals surface area contributed by atoms with E-state index < -0.39 is 5.91 Å². The number of hydrogen-bond donors (Lipinski definition) is 2. The Kier molecular flexibility index (Phi) is 6.43. The number of aromatic nitrogens is 1. The Hall–Kier alpha value is -2.26. The summed E-state index contributed by atoms with van der Waals surface area (Å²) in [6, 6.07) is 14.9. The number of aromatic hydroxyl groups is 1. The van der Waals surface area contributed by atoms with E-state index in [1.165, 1.54) is 6.07 Å². The third-order valence-corrected chi connectivity index (χ3v) is 6.03. The number of rotatable bonds is 4. The zero-order chi connectivity index (χ0) is 22.1. The summed E-state index contributed by atoms with van der Waals surface area (Å²) in [4.78, 5) is 16.9. The van der Waals surface area contributed by atoms with Crippen LogP contribution in [0.1, 0.15) is 10.4 Å². The van der Waals surface area contributed by atoms with Gasteiger partial charge < -0.3 is 15.2 Å². The second-order valence-electron chi connectivity index (χ2n) is 6.43. The Labute approximate surface area is 206 Å². The lowest BCUT2D eigenvalue weighted by Crippen LogP contribution is -2.12. The number of carbonyl (C=O) groups excluding carboxylic acids is 1. The molecule has 9 heteroatoms. The molecular formula is C22H12Cl3IN2O3. The van der Waals surface area contributed by atoms with Crippen LogP contribution in [0.15, 0.2) is 60.8 Å². The Bertz CT molecular complexity index is 1330. The fourth-order valence-electron chi connectivity index (χ4n) is 2.91. The summed E-state index contributed by atoms with van der Waals surface area (Å²) in [5.74, 6) is 0.220. The molecule has 1 aromatic heterocycles. The zero-order valence-corrected chi connectivity index (χ0v) is 19.9. The van der Waals surface area contributed by atoms with E-state index in [-0.39, 0.29) is 16.3 Å². The molecule has 0 spiro atoms. The number of halogens is 4. The van der Waals surface area contributed by atoms with Crippen LogP contribution < -0.4 is 10.1 Å². The molecule has 0 aliphatic rings. The molecule has 1 heterocycles. The van der Waals surface area contributed by atoms with Crippen molar-refractivity contribution >= 4 is 79.9 Å². The van der Waals surface area contributed by atoms with Crippen molar-refractivity contribution in [3.63, 3.8) is 0 Å². The number of nitrogens with zero attached hydrogens (tertiary/aromatic N) is 1. The first kappa shape index (κ1) is 22.0. The number of amides is 1. The van der Waals surface area contributed by atoms with E-state index >= 15 is 0 Å². The van der Waals surface area contributed by atoms with Crippen molar-refractivity contribution in [1.29, 1.82) is 0 Å². The summed E-state index contributed by atoms with van der Waals surface area (Å²) in [7, 11) is 0. The van der Waals surface area contributed by atoms with Gasteiger partial charge in [0.2, 0.25) is 0 Å². The highest BCUT2D eigenvalue weighted by molar-refractivity contribution is 14.1. The van der Waals surface area contributed by atoms with Gasteiger partial charge in [0.1, 0.15) is 17.0 Å². The number of ether oxygens (including phenoxy) is 1. The molecule has 0 aliphatic heterocycles. The Morgan fingerprint density at radius 2 is 1.77 bits per heavy atom. The van der Waals surface area contributed by atoms with Gasteiger partial charge in [0, 0.05) is 22.3 Å². The van der Waals surface area contributed by atoms with Gasteiger partial charge in [-0.05, 0) is 77.2 Å². The van der Waals surface area contributed by atoms with Crippen molar-refractivity contribution in [2.45, 2.75) is 0 Å². The maximum absolute atomic E-state index is 12.6. The minimum absolute atomic E-state index is 0.0621. The summed E-state index contributed by atoms with van der Waals surface area (Å²) in [6.45, 7) is 0. The quantitative estimate of drug-likeness (QED) is 0.243. The third-order valence-electron chi connectivity index (χ3n) is 4.36. The first-order valence-corrected chi connectivity index (χ1v) is 11.0. The monoisotopic (exact) mass is 584 g/mol. The average Bonchev–Trinajstić information content (AvgIpc) is 2.74. The summed E-state index contributed by atoms with van der Waals surface area (Å²) in [6.07, 6.45) is 1.65. The van der Waals surface area contributed by atoms with Gasteiger partial charge in [0.15, 0.2) is 5.75 Å². The fraction of sp³-hybridized carbons (Fsp3) is 0. The number of nitrogens with one attached hydrogen (secondary N) is 1. The van der Waals surface area contributed by atoms with Crippen LogP contribution in [0, 0.1) is 3.57 Å². The maximum Gasteiger partial charge on any atom is 0.259 e. The van der Waals surface area contributed by atoms with Crippen LogP contribution in [0.4, 0.5) is 5.69 Å². The second-order valence-corrected chi connectivity index (χ2v) is 8.84. The van der Waals surface area contributed by atoms with Crippen LogP contribution in [-0.2, 0) is 0 Å². The summed E-state index contributed by atoms with van der Waals surface area (Å²) in [5, 5.41) is 14.8. The molecule has 0 saturated heterocycles. The highest BCUT2D eigenvalue weighted by Gasteiger charge is 2.16. The highest BCUT2D eigenvalue weighted by Crippen LogP contribution is 2.37. The van der Waals surface area contributed by atoms with Gasteiger partial charge in [-0.3, -0.25) is 9.78 Å². The van der Waals surface area contributed by atoms with Crippen LogP contribution in [0.5, 0.6) is 17.2 Å². The van der Waals surface area contributed by atoms with Gasteiger partial charge in [-0.1, -0.05) is 34.8 Å². The molecule has 0 unspecified atom stereocenters. The molecule has 0 fully saturated rings. The van der Waals surface area contributed by atoms with Crippen LogP contribution in [0.2, 0.25) is 15.1 Å². The highest BCUT2D eigenvalue weighted by atomic mass is 127. The summed E-state index contributed by atoms with van der Waals surface area (Å²) >= 11 is 20.5. The first-order valence-electron chi connectivity index (χ1n) is 8.83. The van der Waals surface area contributed by atoms with Crippen LogP contribution in [-0.4, -0.2) is 16.0 Å². The van der Waals surface area contributed by atoms with Crippen LogP contribution >= 0.6 is 57.4 Å². The zero-order valence-electron chi connectivity index (χ0n) is 15.5. The molecule has 0 atom stereocenters. The van der Waals surface area contributed by atoms with E-state index in [0.717, 1.165) is 5.39 Å². The molecule has 0 radical (unpaired) electrons. The normalized spacial score (nSPS) is 10.8. The van der Waals surface area contributed by atoms with Gasteiger partial charge in [0.05, 0.1) is 19.2 Å². The Morgan fingerprint density at radius 1 is 1.00 bits per heavy atom. The molecule has 31 heavy (non-hydrogen) atoms. The molecule has 2 N–H and O–H groups in total. The van der Waals surface area contributed by atoms with Crippen LogP contribution in [0.3, 0.4) is 0 Å². The smallest absolute Gasteiger partial charge is 0.259 e. The lowest BCUT2D eigenvalue weighted by atomic mass is 10.2. The number of phenolic OH excluding ortho intramolecular Hbond substituents is 1. The molecule has 3 aromatic carbocycles. The number of carbonyl (C=O) groups is 1. The number of anilines is 1. The van der Waals surface area contributed by atoms with Crippen LogP contribution in [0.25, 0.3) is 10.9 Å². The minimum Gasteiger partial charge on any atom is -0.506 e. The largest absolute Gasteiger partial charge is 0.506 e. The SMILES string of the molecule is O=C(Nc1ccc(Oc2ccc(Cl)c3cccnc23)c(Cl)c1)c1cc(Cl)cc(I)c1O. The van der Waals surface area contributed by atoms with E-state index in [1.807, 2.05) is 28.7 Å². The Balaban J connectivity index is 1.58. The lowest BCUT2D eigenvalue weighted by molar-refractivity contribution is 0.102. The summed E-state index contributed by atoms with van der Waals surface area (Å²) in [5.41, 5.74) is 1.09. The van der Waals surface area contributed by atoms with Gasteiger partial charge in [-0.2, -0.15) is 0 Å². The molecule has 1 amide bonds. The molecule has 5 nitrogen and oxygen atoms in total. The Morgan fingerprint density at radius 3 is 2.55 bits per heavy atom. The summed E-state index contributed by atoms with van der Waals surface area (Å²) < 4.78 is 6.42. The van der Waals surface area contributed by atoms with Gasteiger partial charge in [-0.25, -0.2) is 0 Å². The van der Waals surface area contributed by atoms with Crippen molar-refractivity contribution in [1.82, 2.24) is 4.98 Å². The number of hydrogen-bond acceptors (Lipinski definition) is 4. The minimum atomic E-state index is -0.518. The standard InChI is InChI=1S/C22H12Cl3IN2O3/c23-11-8-14(21(29)17(26)9-11)22(30)28-12-3-5-18(16(25)10-12)31-19-6-4-15(24)13-2-1-7-27-20(13)19/h1-10,29H,(H,28,30). The molecule has 0 aliphatic carbocycles. The van der Waals surface area contributed by atoms with Gasteiger partial charge >= 0.3 is 0 Å². The molecule has 4 aromatic rings. The first-order chi connectivity index (χ1) is 14.8. The topological polar surface area (TPSA) is 71.5 Å². The van der Waals surface area contributed by atoms with E-state index in [1.54, 1.807) is 48.7 Å². The molecule has 0 saturated carbocycles. The maximum atomic E-state index is 12.6. The predicted octanol–water partition coefficient (Wildman–Crippen LogP) is 7.55. The van der Waals surface area contributed by atoms with Crippen molar-refractivity contribution in [3.05, 3.63) is 85.0 Å². The van der Waals surface area contributed by atoms with Crippen molar-refractivity contribution < 1.29 is 14.6 Å². The second kappa shape index (κ2) is 9.08.